The van der Waals surface area contributed by atoms with E-state index in [1.54, 1.807) is 18.6 Å². The Bertz CT molecular complexity index is 664. The van der Waals surface area contributed by atoms with Crippen LogP contribution < -0.4 is 5.32 Å². The fourth-order valence-corrected chi connectivity index (χ4v) is 1.95. The minimum absolute atomic E-state index is 0.249. The summed E-state index contributed by atoms with van der Waals surface area (Å²) in [7, 11) is 0. The van der Waals surface area contributed by atoms with Crippen molar-refractivity contribution in [3.05, 3.63) is 48.9 Å². The second-order valence-electron chi connectivity index (χ2n) is 4.76. The lowest BCUT2D eigenvalue weighted by molar-refractivity contribution is 0.350. The zero-order valence-electron chi connectivity index (χ0n) is 11.7. The van der Waals surface area contributed by atoms with Crippen LogP contribution in [0.25, 0.3) is 11.4 Å². The second-order valence-corrected chi connectivity index (χ2v) is 4.76. The highest BCUT2D eigenvalue weighted by atomic mass is 16.5. The van der Waals surface area contributed by atoms with Gasteiger partial charge in [-0.3, -0.25) is 9.67 Å². The number of rotatable bonds is 6. The number of hydrogen-bond donors (Lipinski definition) is 1. The third kappa shape index (κ3) is 3.51. The van der Waals surface area contributed by atoms with Gasteiger partial charge in [-0.1, -0.05) is 5.16 Å². The lowest BCUT2D eigenvalue weighted by Gasteiger charge is -2.11. The Morgan fingerprint density at radius 3 is 3.05 bits per heavy atom. The van der Waals surface area contributed by atoms with Gasteiger partial charge in [-0.2, -0.15) is 10.1 Å². The highest BCUT2D eigenvalue weighted by molar-refractivity contribution is 5.51. The van der Waals surface area contributed by atoms with E-state index in [0.29, 0.717) is 18.3 Å². The van der Waals surface area contributed by atoms with Crippen molar-refractivity contribution in [1.29, 1.82) is 0 Å². The van der Waals surface area contributed by atoms with Crippen molar-refractivity contribution in [2.75, 3.05) is 0 Å². The fourth-order valence-electron chi connectivity index (χ4n) is 1.95. The van der Waals surface area contributed by atoms with E-state index in [9.17, 15) is 0 Å². The monoisotopic (exact) mass is 284 g/mol. The van der Waals surface area contributed by atoms with Crippen LogP contribution in [-0.4, -0.2) is 30.9 Å². The molecule has 0 amide bonds. The van der Waals surface area contributed by atoms with Gasteiger partial charge in [0, 0.05) is 36.4 Å². The van der Waals surface area contributed by atoms with Gasteiger partial charge in [-0.15, -0.1) is 0 Å². The smallest absolute Gasteiger partial charge is 0.240 e. The first-order chi connectivity index (χ1) is 10.3. The molecular formula is C14H16N6O. The maximum Gasteiger partial charge on any atom is 0.240 e. The molecule has 0 aliphatic rings. The molecule has 1 atom stereocenters. The van der Waals surface area contributed by atoms with E-state index in [4.69, 9.17) is 4.52 Å². The molecule has 0 spiro atoms. The third-order valence-electron chi connectivity index (χ3n) is 3.01. The highest BCUT2D eigenvalue weighted by Gasteiger charge is 2.10. The normalized spacial score (nSPS) is 12.4. The van der Waals surface area contributed by atoms with Crippen LogP contribution >= 0.6 is 0 Å². The average molecular weight is 284 g/mol. The summed E-state index contributed by atoms with van der Waals surface area (Å²) in [6, 6.07) is 5.90. The predicted molar refractivity (Wildman–Crippen MR) is 76.1 cm³/mol. The van der Waals surface area contributed by atoms with Crippen LogP contribution in [0.2, 0.25) is 0 Å². The summed E-state index contributed by atoms with van der Waals surface area (Å²) in [5.74, 6) is 1.11. The van der Waals surface area contributed by atoms with Gasteiger partial charge in [0.05, 0.1) is 13.1 Å². The third-order valence-corrected chi connectivity index (χ3v) is 3.01. The molecule has 7 heteroatoms. The molecule has 0 saturated heterocycles. The van der Waals surface area contributed by atoms with Gasteiger partial charge in [-0.05, 0) is 25.1 Å². The topological polar surface area (TPSA) is 81.7 Å². The van der Waals surface area contributed by atoms with Crippen LogP contribution in [0, 0.1) is 0 Å². The predicted octanol–water partition coefficient (Wildman–Crippen LogP) is 1.51. The number of pyridine rings is 1. The first-order valence-corrected chi connectivity index (χ1v) is 6.75. The second kappa shape index (κ2) is 6.27. The molecule has 108 valence electrons. The Balaban J connectivity index is 1.55. The first kappa shape index (κ1) is 13.4. The van der Waals surface area contributed by atoms with E-state index in [-0.39, 0.29) is 6.04 Å². The zero-order valence-corrected chi connectivity index (χ0v) is 11.7. The molecule has 1 N–H and O–H groups in total. The van der Waals surface area contributed by atoms with Crippen LogP contribution in [-0.2, 0) is 13.1 Å². The Morgan fingerprint density at radius 1 is 1.33 bits per heavy atom. The summed E-state index contributed by atoms with van der Waals surface area (Å²) < 4.78 is 7.11. The minimum atomic E-state index is 0.249. The molecule has 3 aromatic heterocycles. The summed E-state index contributed by atoms with van der Waals surface area (Å²) in [6.07, 6.45) is 7.13. The molecule has 0 aliphatic carbocycles. The van der Waals surface area contributed by atoms with Crippen molar-refractivity contribution in [1.82, 2.24) is 30.2 Å². The molecule has 0 bridgehead atoms. The fraction of sp³-hybridized carbons (Fsp3) is 0.286. The van der Waals surface area contributed by atoms with Gasteiger partial charge in [0.1, 0.15) is 0 Å². The first-order valence-electron chi connectivity index (χ1n) is 6.75. The Morgan fingerprint density at radius 2 is 2.29 bits per heavy atom. The minimum Gasteiger partial charge on any atom is -0.338 e. The van der Waals surface area contributed by atoms with Crippen molar-refractivity contribution in [2.45, 2.75) is 26.1 Å². The van der Waals surface area contributed by atoms with Crippen molar-refractivity contribution in [2.24, 2.45) is 0 Å². The molecule has 0 radical (unpaired) electrons. The van der Waals surface area contributed by atoms with Gasteiger partial charge in [0.15, 0.2) is 0 Å². The number of nitrogens with one attached hydrogen (secondary N) is 1. The highest BCUT2D eigenvalue weighted by Crippen LogP contribution is 2.13. The Kier molecular flexibility index (Phi) is 4.02. The van der Waals surface area contributed by atoms with Gasteiger partial charge in [-0.25, -0.2) is 0 Å². The van der Waals surface area contributed by atoms with E-state index in [0.717, 1.165) is 12.1 Å². The maximum absolute atomic E-state index is 5.23. The zero-order chi connectivity index (χ0) is 14.5. The molecule has 0 unspecified atom stereocenters. The SMILES string of the molecule is C[C@@H](Cn1cccn1)NCc1nc(-c2cccnc2)no1. The molecular weight excluding hydrogens is 268 g/mol. The summed E-state index contributed by atoms with van der Waals surface area (Å²) in [5, 5.41) is 11.5. The number of aromatic nitrogens is 5. The molecule has 0 fully saturated rings. The van der Waals surface area contributed by atoms with Crippen LogP contribution in [0.1, 0.15) is 12.8 Å². The van der Waals surface area contributed by atoms with Gasteiger partial charge >= 0.3 is 0 Å². The van der Waals surface area contributed by atoms with Crippen molar-refractivity contribution < 1.29 is 4.52 Å². The summed E-state index contributed by atoms with van der Waals surface area (Å²) in [6.45, 7) is 3.40. The Hall–Kier alpha value is -2.54. The van der Waals surface area contributed by atoms with Gasteiger partial charge < -0.3 is 9.84 Å². The standard InChI is InChI=1S/C14H16N6O/c1-11(10-20-7-3-6-17-20)16-9-13-18-14(19-21-13)12-4-2-5-15-8-12/h2-8,11,16H,9-10H2,1H3/t11-/m0/s1. The number of hydrogen-bond acceptors (Lipinski definition) is 6. The lowest BCUT2D eigenvalue weighted by Crippen LogP contribution is -2.30. The van der Waals surface area contributed by atoms with E-state index < -0.39 is 0 Å². The van der Waals surface area contributed by atoms with Crippen molar-refractivity contribution in [3.8, 4) is 11.4 Å². The van der Waals surface area contributed by atoms with Crippen molar-refractivity contribution >= 4 is 0 Å². The van der Waals surface area contributed by atoms with E-state index >= 15 is 0 Å². The average Bonchev–Trinajstić information content (AvgIpc) is 3.17. The number of nitrogens with zero attached hydrogens (tertiary/aromatic N) is 5. The molecule has 7 nitrogen and oxygen atoms in total. The lowest BCUT2D eigenvalue weighted by atomic mass is 10.3. The summed E-state index contributed by atoms with van der Waals surface area (Å²) in [4.78, 5) is 8.39. The molecule has 0 aliphatic heterocycles. The van der Waals surface area contributed by atoms with Crippen LogP contribution in [0.5, 0.6) is 0 Å². The van der Waals surface area contributed by atoms with E-state index in [1.165, 1.54) is 0 Å². The quantitative estimate of drug-likeness (QED) is 0.739. The summed E-state index contributed by atoms with van der Waals surface area (Å²) in [5.41, 5.74) is 0.845. The Labute approximate surface area is 122 Å². The molecule has 0 saturated carbocycles. The van der Waals surface area contributed by atoms with E-state index in [1.807, 2.05) is 29.1 Å². The molecule has 3 aromatic rings. The maximum atomic E-state index is 5.23. The van der Waals surface area contributed by atoms with Crippen molar-refractivity contribution in [3.63, 3.8) is 0 Å². The van der Waals surface area contributed by atoms with Crippen LogP contribution in [0.15, 0.2) is 47.5 Å². The van der Waals surface area contributed by atoms with Gasteiger partial charge in [0.2, 0.25) is 11.7 Å². The van der Waals surface area contributed by atoms with E-state index in [2.05, 4.69) is 32.5 Å². The summed E-state index contributed by atoms with van der Waals surface area (Å²) >= 11 is 0. The molecule has 3 rings (SSSR count). The molecule has 3 heterocycles. The van der Waals surface area contributed by atoms with Crippen LogP contribution in [0.4, 0.5) is 0 Å². The van der Waals surface area contributed by atoms with Gasteiger partial charge in [0.25, 0.3) is 0 Å². The molecule has 21 heavy (non-hydrogen) atoms. The molecule has 0 aromatic carbocycles. The van der Waals surface area contributed by atoms with Crippen LogP contribution in [0.3, 0.4) is 0 Å². The largest absolute Gasteiger partial charge is 0.338 e.